The van der Waals surface area contributed by atoms with Gasteiger partial charge in [-0.05, 0) is 12.8 Å². The second-order valence-electron chi connectivity index (χ2n) is 4.73. The summed E-state index contributed by atoms with van der Waals surface area (Å²) in [7, 11) is 0. The molecule has 2 heterocycles. The van der Waals surface area contributed by atoms with Crippen LogP contribution in [0.5, 0.6) is 0 Å². The normalized spacial score (nSPS) is 26.1. The van der Waals surface area contributed by atoms with Gasteiger partial charge >= 0.3 is 12.2 Å². The number of nitrogens with zero attached hydrogens (tertiary/aromatic N) is 2. The minimum atomic E-state index is -4.54. The number of carbonyl (C=O) groups excluding carboxylic acids is 2. The van der Waals surface area contributed by atoms with Crippen molar-refractivity contribution < 1.29 is 22.8 Å². The van der Waals surface area contributed by atoms with Gasteiger partial charge in [0.2, 0.25) is 0 Å². The molecule has 102 valence electrons. The van der Waals surface area contributed by atoms with Gasteiger partial charge in [-0.15, -0.1) is 0 Å². The molecule has 0 aromatic carbocycles. The number of fused-ring (bicyclic) bond motifs is 1. The molecule has 0 radical (unpaired) electrons. The summed E-state index contributed by atoms with van der Waals surface area (Å²) < 4.78 is 37.0. The van der Waals surface area contributed by atoms with Gasteiger partial charge in [0.25, 0.3) is 5.91 Å². The van der Waals surface area contributed by atoms with Gasteiger partial charge in [0.15, 0.2) is 0 Å². The maximum Gasteiger partial charge on any atom is 0.406 e. The molecule has 1 atom stereocenters. The number of hydrogen-bond acceptors (Lipinski definition) is 2. The minimum absolute atomic E-state index is 0.343. The summed E-state index contributed by atoms with van der Waals surface area (Å²) >= 11 is 0. The molecule has 7 heteroatoms. The molecule has 0 spiro atoms. The molecule has 0 N–H and O–H groups in total. The van der Waals surface area contributed by atoms with E-state index < -0.39 is 30.7 Å². The van der Waals surface area contributed by atoms with Crippen molar-refractivity contribution in [2.75, 3.05) is 13.1 Å². The zero-order valence-corrected chi connectivity index (χ0v) is 9.87. The van der Waals surface area contributed by atoms with Gasteiger partial charge in [-0.25, -0.2) is 4.79 Å². The molecule has 0 aromatic heterocycles. The standard InChI is InChI=1S/C11H15F3N2O2/c12-11(13,14)7-16-9(17)8-5-3-1-2-4-6-15(8)10(16)18/h8H,1-7H2. The van der Waals surface area contributed by atoms with Crippen LogP contribution in [-0.4, -0.2) is 47.0 Å². The van der Waals surface area contributed by atoms with Crippen LogP contribution >= 0.6 is 0 Å². The minimum Gasteiger partial charge on any atom is -0.312 e. The first kappa shape index (κ1) is 13.2. The Morgan fingerprint density at radius 1 is 1.11 bits per heavy atom. The predicted octanol–water partition coefficient (Wildman–Crippen LogP) is 2.15. The van der Waals surface area contributed by atoms with Crippen molar-refractivity contribution in [1.82, 2.24) is 9.80 Å². The van der Waals surface area contributed by atoms with Crippen molar-refractivity contribution in [2.24, 2.45) is 0 Å². The lowest BCUT2D eigenvalue weighted by atomic mass is 10.0. The summed E-state index contributed by atoms with van der Waals surface area (Å²) in [4.78, 5) is 25.3. The lowest BCUT2D eigenvalue weighted by molar-refractivity contribution is -0.153. The van der Waals surface area contributed by atoms with Crippen LogP contribution in [0.15, 0.2) is 0 Å². The van der Waals surface area contributed by atoms with Gasteiger partial charge in [0, 0.05) is 6.54 Å². The van der Waals surface area contributed by atoms with E-state index in [0.29, 0.717) is 17.9 Å². The third-order valence-electron chi connectivity index (χ3n) is 3.37. The third-order valence-corrected chi connectivity index (χ3v) is 3.37. The van der Waals surface area contributed by atoms with E-state index in [4.69, 9.17) is 0 Å². The van der Waals surface area contributed by atoms with E-state index in [1.807, 2.05) is 0 Å². The van der Waals surface area contributed by atoms with Crippen molar-refractivity contribution >= 4 is 11.9 Å². The molecule has 2 fully saturated rings. The quantitative estimate of drug-likeness (QED) is 0.681. The van der Waals surface area contributed by atoms with Crippen molar-refractivity contribution in [2.45, 2.75) is 44.3 Å². The molecule has 2 saturated heterocycles. The number of carbonyl (C=O) groups is 2. The average Bonchev–Trinajstić information content (AvgIpc) is 2.40. The second kappa shape index (κ2) is 4.78. The highest BCUT2D eigenvalue weighted by Gasteiger charge is 2.48. The lowest BCUT2D eigenvalue weighted by Gasteiger charge is -2.23. The van der Waals surface area contributed by atoms with Crippen molar-refractivity contribution in [3.8, 4) is 0 Å². The Labute approximate surface area is 103 Å². The molecular weight excluding hydrogens is 249 g/mol. The van der Waals surface area contributed by atoms with Crippen molar-refractivity contribution in [1.29, 1.82) is 0 Å². The summed E-state index contributed by atoms with van der Waals surface area (Å²) in [6, 6.07) is -1.47. The molecule has 2 rings (SSSR count). The second-order valence-corrected chi connectivity index (χ2v) is 4.73. The van der Waals surface area contributed by atoms with Gasteiger partial charge < -0.3 is 4.90 Å². The van der Waals surface area contributed by atoms with Crippen LogP contribution in [0.1, 0.15) is 32.1 Å². The summed E-state index contributed by atoms with van der Waals surface area (Å²) in [5.74, 6) is -0.695. The largest absolute Gasteiger partial charge is 0.406 e. The number of amides is 3. The Morgan fingerprint density at radius 3 is 2.44 bits per heavy atom. The maximum absolute atomic E-state index is 12.3. The molecule has 4 nitrogen and oxygen atoms in total. The average molecular weight is 264 g/mol. The molecule has 3 amide bonds. The zero-order chi connectivity index (χ0) is 13.3. The van der Waals surface area contributed by atoms with Crippen molar-refractivity contribution in [3.63, 3.8) is 0 Å². The van der Waals surface area contributed by atoms with E-state index >= 15 is 0 Å². The zero-order valence-electron chi connectivity index (χ0n) is 9.87. The van der Waals surface area contributed by atoms with E-state index in [-0.39, 0.29) is 0 Å². The van der Waals surface area contributed by atoms with Crippen LogP contribution < -0.4 is 0 Å². The van der Waals surface area contributed by atoms with E-state index in [1.165, 1.54) is 4.90 Å². The first-order valence-electron chi connectivity index (χ1n) is 6.09. The van der Waals surface area contributed by atoms with E-state index in [2.05, 4.69) is 0 Å². The van der Waals surface area contributed by atoms with Gasteiger partial charge in [0.1, 0.15) is 12.6 Å². The number of alkyl halides is 3. The van der Waals surface area contributed by atoms with Gasteiger partial charge in [-0.2, -0.15) is 13.2 Å². The van der Waals surface area contributed by atoms with Crippen LogP contribution in [0.25, 0.3) is 0 Å². The van der Waals surface area contributed by atoms with E-state index in [9.17, 15) is 22.8 Å². The van der Waals surface area contributed by atoms with Gasteiger partial charge in [-0.1, -0.05) is 19.3 Å². The predicted molar refractivity (Wildman–Crippen MR) is 56.7 cm³/mol. The van der Waals surface area contributed by atoms with Gasteiger partial charge in [-0.3, -0.25) is 9.69 Å². The molecule has 18 heavy (non-hydrogen) atoms. The SMILES string of the molecule is O=C1C2CCCCCCN2C(=O)N1CC(F)(F)F. The smallest absolute Gasteiger partial charge is 0.312 e. The molecule has 2 aliphatic heterocycles. The summed E-state index contributed by atoms with van der Waals surface area (Å²) in [6.45, 7) is -1.10. The first-order chi connectivity index (χ1) is 8.40. The van der Waals surface area contributed by atoms with E-state index in [1.54, 1.807) is 0 Å². The fraction of sp³-hybridized carbons (Fsp3) is 0.818. The number of rotatable bonds is 1. The molecule has 0 aliphatic carbocycles. The van der Waals surface area contributed by atoms with Crippen LogP contribution in [-0.2, 0) is 4.79 Å². The summed E-state index contributed by atoms with van der Waals surface area (Å²) in [6.07, 6.45) is -0.630. The lowest BCUT2D eigenvalue weighted by Crippen LogP contribution is -2.40. The molecular formula is C11H15F3N2O2. The van der Waals surface area contributed by atoms with E-state index in [0.717, 1.165) is 25.7 Å². The number of imide groups is 1. The Hall–Kier alpha value is -1.27. The Bertz CT molecular complexity index is 331. The molecule has 0 bridgehead atoms. The Balaban J connectivity index is 2.15. The first-order valence-corrected chi connectivity index (χ1v) is 6.09. The van der Waals surface area contributed by atoms with Crippen LogP contribution in [0, 0.1) is 0 Å². The molecule has 2 aliphatic rings. The number of halogens is 3. The highest BCUT2D eigenvalue weighted by Crippen LogP contribution is 2.28. The highest BCUT2D eigenvalue weighted by atomic mass is 19.4. The maximum atomic E-state index is 12.3. The van der Waals surface area contributed by atoms with Crippen LogP contribution in [0.2, 0.25) is 0 Å². The topological polar surface area (TPSA) is 40.6 Å². The summed E-state index contributed by atoms with van der Waals surface area (Å²) in [5.41, 5.74) is 0. The monoisotopic (exact) mass is 264 g/mol. The number of urea groups is 1. The Morgan fingerprint density at radius 2 is 1.78 bits per heavy atom. The highest BCUT2D eigenvalue weighted by molar-refractivity contribution is 6.04. The molecule has 0 saturated carbocycles. The van der Waals surface area contributed by atoms with Crippen LogP contribution in [0.4, 0.5) is 18.0 Å². The number of hydrogen-bond donors (Lipinski definition) is 0. The molecule has 0 aromatic rings. The summed E-state index contributed by atoms with van der Waals surface area (Å²) in [5, 5.41) is 0. The fourth-order valence-electron chi connectivity index (χ4n) is 2.52. The molecule has 1 unspecified atom stereocenters. The van der Waals surface area contributed by atoms with Gasteiger partial charge in [0.05, 0.1) is 0 Å². The fourth-order valence-corrected chi connectivity index (χ4v) is 2.52. The van der Waals surface area contributed by atoms with Crippen molar-refractivity contribution in [3.05, 3.63) is 0 Å². The Kier molecular flexibility index (Phi) is 3.49. The van der Waals surface area contributed by atoms with Crippen LogP contribution in [0.3, 0.4) is 0 Å². The third kappa shape index (κ3) is 2.59.